The molecule has 4 atom stereocenters. The highest BCUT2D eigenvalue weighted by molar-refractivity contribution is 5.35. The Balaban J connectivity index is 2.26. The molecule has 1 aromatic carbocycles. The van der Waals surface area contributed by atoms with E-state index in [9.17, 15) is 15.3 Å². The van der Waals surface area contributed by atoms with Crippen LogP contribution in [0.15, 0.2) is 24.3 Å². The van der Waals surface area contributed by atoms with Gasteiger partial charge < -0.3 is 25.2 Å². The standard InChI is InChI=1S/C11H14O5/c12-5-8-9(14)10(15)11(16-8)6-3-1-2-4-7(6)13/h1-4,8-15H,5H2/t8-,9-,10-,11+/m1/s1. The zero-order valence-corrected chi connectivity index (χ0v) is 8.52. The number of benzene rings is 1. The van der Waals surface area contributed by atoms with Gasteiger partial charge in [0.15, 0.2) is 0 Å². The Labute approximate surface area is 92.5 Å². The number of aromatic hydroxyl groups is 1. The highest BCUT2D eigenvalue weighted by Crippen LogP contribution is 2.37. The number of para-hydroxylation sites is 1. The topological polar surface area (TPSA) is 90.2 Å². The largest absolute Gasteiger partial charge is 0.508 e. The fourth-order valence-corrected chi connectivity index (χ4v) is 1.88. The molecule has 0 spiro atoms. The van der Waals surface area contributed by atoms with Gasteiger partial charge in [0.05, 0.1) is 6.61 Å². The van der Waals surface area contributed by atoms with Crippen molar-refractivity contribution < 1.29 is 25.2 Å². The summed E-state index contributed by atoms with van der Waals surface area (Å²) in [5.41, 5.74) is 0.407. The van der Waals surface area contributed by atoms with Crippen LogP contribution in [0.5, 0.6) is 5.75 Å². The molecule has 1 aliphatic rings. The molecule has 4 N–H and O–H groups in total. The summed E-state index contributed by atoms with van der Waals surface area (Å²) in [6, 6.07) is 6.43. The number of rotatable bonds is 2. The predicted octanol–water partition coefficient (Wildman–Crippen LogP) is -0.454. The molecule has 0 radical (unpaired) electrons. The second-order valence-electron chi connectivity index (χ2n) is 3.82. The summed E-state index contributed by atoms with van der Waals surface area (Å²) in [5, 5.41) is 37.8. The third-order valence-corrected chi connectivity index (χ3v) is 2.79. The lowest BCUT2D eigenvalue weighted by Crippen LogP contribution is -2.32. The van der Waals surface area contributed by atoms with E-state index in [1.54, 1.807) is 18.2 Å². The molecule has 0 unspecified atom stereocenters. The van der Waals surface area contributed by atoms with Crippen LogP contribution in [0, 0.1) is 0 Å². The molecular weight excluding hydrogens is 212 g/mol. The van der Waals surface area contributed by atoms with E-state index in [1.807, 2.05) is 0 Å². The van der Waals surface area contributed by atoms with Gasteiger partial charge in [-0.05, 0) is 6.07 Å². The Morgan fingerprint density at radius 2 is 1.81 bits per heavy atom. The van der Waals surface area contributed by atoms with Crippen LogP contribution in [0.1, 0.15) is 11.7 Å². The summed E-state index contributed by atoms with van der Waals surface area (Å²) in [5.74, 6) is -0.00246. The minimum atomic E-state index is -1.15. The highest BCUT2D eigenvalue weighted by Gasteiger charge is 2.43. The maximum Gasteiger partial charge on any atom is 0.121 e. The van der Waals surface area contributed by atoms with Crippen molar-refractivity contribution in [3.63, 3.8) is 0 Å². The SMILES string of the molecule is OC[C@H]1O[C@@H](c2ccccc2O)[C@H](O)[C@@H]1O. The number of hydrogen-bond acceptors (Lipinski definition) is 5. The van der Waals surface area contributed by atoms with Gasteiger partial charge in [0.2, 0.25) is 0 Å². The average Bonchev–Trinajstić information content (AvgIpc) is 2.57. The summed E-state index contributed by atoms with van der Waals surface area (Å²) < 4.78 is 5.29. The van der Waals surface area contributed by atoms with Gasteiger partial charge in [0.1, 0.15) is 30.2 Å². The summed E-state index contributed by atoms with van der Waals surface area (Å²) in [4.78, 5) is 0. The van der Waals surface area contributed by atoms with Crippen molar-refractivity contribution in [2.45, 2.75) is 24.4 Å². The first-order valence-electron chi connectivity index (χ1n) is 5.05. The van der Waals surface area contributed by atoms with Crippen LogP contribution in [0.3, 0.4) is 0 Å². The summed E-state index contributed by atoms with van der Waals surface area (Å²) >= 11 is 0. The average molecular weight is 226 g/mol. The monoisotopic (exact) mass is 226 g/mol. The first-order chi connectivity index (χ1) is 7.65. The summed E-state index contributed by atoms with van der Waals surface area (Å²) in [6.45, 7) is -0.373. The predicted molar refractivity (Wildman–Crippen MR) is 54.8 cm³/mol. The van der Waals surface area contributed by atoms with Crippen molar-refractivity contribution in [3.05, 3.63) is 29.8 Å². The molecule has 1 aliphatic heterocycles. The van der Waals surface area contributed by atoms with Gasteiger partial charge in [-0.15, -0.1) is 0 Å². The summed E-state index contributed by atoms with van der Waals surface area (Å²) in [6.07, 6.45) is -3.92. The number of hydrogen-bond donors (Lipinski definition) is 4. The lowest BCUT2D eigenvalue weighted by Gasteiger charge is -2.15. The van der Waals surface area contributed by atoms with Gasteiger partial charge in [0, 0.05) is 5.56 Å². The molecule has 1 fully saturated rings. The van der Waals surface area contributed by atoms with E-state index < -0.39 is 24.4 Å². The van der Waals surface area contributed by atoms with Crippen molar-refractivity contribution in [2.24, 2.45) is 0 Å². The Bertz CT molecular complexity index is 367. The lowest BCUT2D eigenvalue weighted by molar-refractivity contribution is -0.0233. The minimum Gasteiger partial charge on any atom is -0.508 e. The first kappa shape index (κ1) is 11.3. The van der Waals surface area contributed by atoms with Crippen molar-refractivity contribution >= 4 is 0 Å². The summed E-state index contributed by atoms with van der Waals surface area (Å²) in [7, 11) is 0. The minimum absolute atomic E-state index is 0.00246. The van der Waals surface area contributed by atoms with E-state index in [2.05, 4.69) is 0 Å². The zero-order chi connectivity index (χ0) is 11.7. The normalized spacial score (nSPS) is 34.2. The Hall–Kier alpha value is -1.14. The zero-order valence-electron chi connectivity index (χ0n) is 8.52. The smallest absolute Gasteiger partial charge is 0.121 e. The van der Waals surface area contributed by atoms with E-state index in [0.29, 0.717) is 5.56 Å². The Morgan fingerprint density at radius 1 is 1.12 bits per heavy atom. The molecule has 2 rings (SSSR count). The van der Waals surface area contributed by atoms with Crippen LogP contribution in [-0.2, 0) is 4.74 Å². The first-order valence-corrected chi connectivity index (χ1v) is 5.05. The molecule has 0 bridgehead atoms. The molecule has 0 amide bonds. The van der Waals surface area contributed by atoms with Gasteiger partial charge >= 0.3 is 0 Å². The van der Waals surface area contributed by atoms with Gasteiger partial charge in [-0.25, -0.2) is 0 Å². The molecule has 5 heteroatoms. The Morgan fingerprint density at radius 3 is 2.38 bits per heavy atom. The van der Waals surface area contributed by atoms with Gasteiger partial charge in [-0.3, -0.25) is 0 Å². The second-order valence-corrected chi connectivity index (χ2v) is 3.82. The van der Waals surface area contributed by atoms with Crippen LogP contribution in [0.25, 0.3) is 0 Å². The molecule has 5 nitrogen and oxygen atoms in total. The van der Waals surface area contributed by atoms with Crippen molar-refractivity contribution in [1.82, 2.24) is 0 Å². The van der Waals surface area contributed by atoms with E-state index >= 15 is 0 Å². The number of aliphatic hydroxyl groups is 3. The van der Waals surface area contributed by atoms with Gasteiger partial charge in [-0.1, -0.05) is 18.2 Å². The highest BCUT2D eigenvalue weighted by atomic mass is 16.6. The molecule has 1 heterocycles. The third-order valence-electron chi connectivity index (χ3n) is 2.79. The number of phenolic OH excluding ortho intramolecular Hbond substituents is 1. The van der Waals surface area contributed by atoms with Crippen molar-refractivity contribution in [2.75, 3.05) is 6.61 Å². The van der Waals surface area contributed by atoms with E-state index in [0.717, 1.165) is 0 Å². The molecule has 88 valence electrons. The molecule has 1 aromatic rings. The maximum atomic E-state index is 9.74. The maximum absolute atomic E-state index is 9.74. The van der Waals surface area contributed by atoms with Gasteiger partial charge in [0.25, 0.3) is 0 Å². The van der Waals surface area contributed by atoms with Crippen LogP contribution in [-0.4, -0.2) is 45.3 Å². The van der Waals surface area contributed by atoms with Crippen LogP contribution < -0.4 is 0 Å². The van der Waals surface area contributed by atoms with Crippen LogP contribution in [0.4, 0.5) is 0 Å². The lowest BCUT2D eigenvalue weighted by atomic mass is 10.0. The molecule has 0 aliphatic carbocycles. The fourth-order valence-electron chi connectivity index (χ4n) is 1.88. The molecule has 0 saturated carbocycles. The van der Waals surface area contributed by atoms with Crippen LogP contribution in [0.2, 0.25) is 0 Å². The number of ether oxygens (including phenoxy) is 1. The molecule has 16 heavy (non-hydrogen) atoms. The fraction of sp³-hybridized carbons (Fsp3) is 0.455. The van der Waals surface area contributed by atoms with E-state index in [1.165, 1.54) is 6.07 Å². The number of aliphatic hydroxyl groups excluding tert-OH is 3. The van der Waals surface area contributed by atoms with Crippen molar-refractivity contribution in [3.8, 4) is 5.75 Å². The van der Waals surface area contributed by atoms with Crippen LogP contribution >= 0.6 is 0 Å². The molecular formula is C11H14O5. The van der Waals surface area contributed by atoms with Crippen molar-refractivity contribution in [1.29, 1.82) is 0 Å². The van der Waals surface area contributed by atoms with E-state index in [4.69, 9.17) is 9.84 Å². The second kappa shape index (κ2) is 4.39. The quantitative estimate of drug-likeness (QED) is 0.548. The molecule has 1 saturated heterocycles. The third kappa shape index (κ3) is 1.78. The number of phenols is 1. The Kier molecular flexibility index (Phi) is 3.11. The van der Waals surface area contributed by atoms with E-state index in [-0.39, 0.29) is 12.4 Å². The van der Waals surface area contributed by atoms with Gasteiger partial charge in [-0.2, -0.15) is 0 Å². The molecule has 0 aromatic heterocycles.